The van der Waals surface area contributed by atoms with E-state index in [1.165, 1.54) is 11.3 Å². The van der Waals surface area contributed by atoms with Crippen molar-refractivity contribution in [2.24, 2.45) is 11.8 Å². The molecule has 2 aliphatic rings. The minimum absolute atomic E-state index is 0.0181. The van der Waals surface area contributed by atoms with Crippen LogP contribution in [0.2, 0.25) is 0 Å². The first-order chi connectivity index (χ1) is 17.1. The van der Waals surface area contributed by atoms with Crippen LogP contribution < -0.4 is 4.74 Å². The van der Waals surface area contributed by atoms with Crippen molar-refractivity contribution in [2.45, 2.75) is 37.4 Å². The molecule has 0 bridgehead atoms. The topological polar surface area (TPSA) is 85.2 Å². The molecule has 0 radical (unpaired) electrons. The molecule has 1 aliphatic carbocycles. The molecular formula is C28H28O6S. The van der Waals surface area contributed by atoms with Gasteiger partial charge in [-0.05, 0) is 40.6 Å². The van der Waals surface area contributed by atoms with Crippen LogP contribution in [0.4, 0.5) is 0 Å². The summed E-state index contributed by atoms with van der Waals surface area (Å²) in [5.74, 6) is 0.181. The first-order valence-electron chi connectivity index (χ1n) is 11.8. The fourth-order valence-corrected chi connectivity index (χ4v) is 5.47. The van der Waals surface area contributed by atoms with Gasteiger partial charge < -0.3 is 24.4 Å². The second-order valence-corrected chi connectivity index (χ2v) is 9.73. The summed E-state index contributed by atoms with van der Waals surface area (Å²) in [6.07, 6.45) is 2.34. The van der Waals surface area contributed by atoms with E-state index in [0.29, 0.717) is 18.4 Å². The molecule has 2 aromatic carbocycles. The first-order valence-corrected chi connectivity index (χ1v) is 12.7. The third kappa shape index (κ3) is 5.65. The fraction of sp³-hybridized carbons (Fsp3) is 0.321. The van der Waals surface area contributed by atoms with Gasteiger partial charge in [0, 0.05) is 24.1 Å². The van der Waals surface area contributed by atoms with Gasteiger partial charge in [0.2, 0.25) is 0 Å². The van der Waals surface area contributed by atoms with Gasteiger partial charge in [-0.25, -0.2) is 4.79 Å². The number of rotatable bonds is 8. The molecule has 6 nitrogen and oxygen atoms in total. The van der Waals surface area contributed by atoms with Crippen LogP contribution in [0.25, 0.3) is 11.1 Å². The number of hydrogen-bond acceptors (Lipinski definition) is 7. The number of hydrogen-bond donors (Lipinski definition) is 2. The monoisotopic (exact) mass is 492 g/mol. The van der Waals surface area contributed by atoms with Crippen LogP contribution in [-0.4, -0.2) is 47.4 Å². The van der Waals surface area contributed by atoms with Crippen LogP contribution in [0.3, 0.4) is 0 Å². The average Bonchev–Trinajstić information content (AvgIpc) is 3.59. The highest BCUT2D eigenvalue weighted by atomic mass is 32.1. The van der Waals surface area contributed by atoms with E-state index in [1.54, 1.807) is 18.2 Å². The van der Waals surface area contributed by atoms with Crippen molar-refractivity contribution in [3.63, 3.8) is 0 Å². The maximum Gasteiger partial charge on any atom is 0.338 e. The van der Waals surface area contributed by atoms with Gasteiger partial charge in [-0.3, -0.25) is 0 Å². The number of thiophene rings is 1. The highest BCUT2D eigenvalue weighted by Gasteiger charge is 2.50. The maximum atomic E-state index is 12.9. The van der Waals surface area contributed by atoms with E-state index in [4.69, 9.17) is 14.2 Å². The molecule has 2 heterocycles. The summed E-state index contributed by atoms with van der Waals surface area (Å²) in [5.41, 5.74) is 2.59. The number of carbonyl (C=O) groups is 1. The maximum absolute atomic E-state index is 12.9. The van der Waals surface area contributed by atoms with Gasteiger partial charge in [-0.15, -0.1) is 11.3 Å². The first kappa shape index (κ1) is 23.8. The van der Waals surface area contributed by atoms with Crippen LogP contribution in [0.15, 0.2) is 83.6 Å². The third-order valence-electron chi connectivity index (χ3n) is 6.63. The molecule has 0 amide bonds. The summed E-state index contributed by atoms with van der Waals surface area (Å²) in [6.45, 7) is 0.130. The highest BCUT2D eigenvalue weighted by molar-refractivity contribution is 7.08. The number of benzene rings is 2. The predicted molar refractivity (Wildman–Crippen MR) is 133 cm³/mol. The molecule has 35 heavy (non-hydrogen) atoms. The molecule has 1 aromatic heterocycles. The van der Waals surface area contributed by atoms with E-state index in [9.17, 15) is 15.0 Å². The Morgan fingerprint density at radius 1 is 1.09 bits per heavy atom. The van der Waals surface area contributed by atoms with Crippen molar-refractivity contribution in [2.75, 3.05) is 6.61 Å². The summed E-state index contributed by atoms with van der Waals surface area (Å²) in [6, 6.07) is 19.2. The Bertz CT molecular complexity index is 1130. The average molecular weight is 493 g/mol. The van der Waals surface area contributed by atoms with Crippen molar-refractivity contribution >= 4 is 17.3 Å². The number of ether oxygens (including phenoxy) is 3. The Balaban J connectivity index is 1.24. The third-order valence-corrected chi connectivity index (χ3v) is 7.29. The SMILES string of the molecule is O=C(OC1CC2OC(O)CC2C1C=CC(O)COc1ccsc1)c1ccc(-c2ccccc2)cc1. The second kappa shape index (κ2) is 10.7. The van der Waals surface area contributed by atoms with E-state index >= 15 is 0 Å². The zero-order valence-corrected chi connectivity index (χ0v) is 19.9. The number of aliphatic hydroxyl groups is 2. The van der Waals surface area contributed by atoms with Crippen LogP contribution in [0, 0.1) is 11.8 Å². The molecule has 7 heteroatoms. The number of aliphatic hydroxyl groups excluding tert-OH is 2. The zero-order valence-electron chi connectivity index (χ0n) is 19.1. The van der Waals surface area contributed by atoms with Crippen LogP contribution in [0.1, 0.15) is 23.2 Å². The van der Waals surface area contributed by atoms with E-state index in [1.807, 2.05) is 65.4 Å². The van der Waals surface area contributed by atoms with Crippen molar-refractivity contribution in [1.82, 2.24) is 0 Å². The second-order valence-electron chi connectivity index (χ2n) is 8.95. The van der Waals surface area contributed by atoms with Crippen LogP contribution >= 0.6 is 11.3 Å². The molecule has 3 aromatic rings. The molecule has 6 unspecified atom stereocenters. The Hall–Kier alpha value is -2.97. The molecule has 182 valence electrons. The summed E-state index contributed by atoms with van der Waals surface area (Å²) in [5, 5.41) is 24.1. The summed E-state index contributed by atoms with van der Waals surface area (Å²) >= 11 is 1.53. The van der Waals surface area contributed by atoms with Gasteiger partial charge in [0.15, 0.2) is 6.29 Å². The van der Waals surface area contributed by atoms with Crippen molar-refractivity contribution in [3.05, 3.63) is 89.1 Å². The van der Waals surface area contributed by atoms with Gasteiger partial charge in [-0.1, -0.05) is 54.6 Å². The minimum atomic E-state index is -0.810. The van der Waals surface area contributed by atoms with Gasteiger partial charge >= 0.3 is 5.97 Å². The molecule has 0 spiro atoms. The lowest BCUT2D eigenvalue weighted by Gasteiger charge is -2.21. The zero-order chi connectivity index (χ0) is 24.2. The summed E-state index contributed by atoms with van der Waals surface area (Å²) in [4.78, 5) is 12.9. The van der Waals surface area contributed by atoms with Crippen LogP contribution in [-0.2, 0) is 9.47 Å². The molecule has 2 N–H and O–H groups in total. The van der Waals surface area contributed by atoms with Crippen LogP contribution in [0.5, 0.6) is 5.75 Å². The number of fused-ring (bicyclic) bond motifs is 1. The summed E-state index contributed by atoms with van der Waals surface area (Å²) < 4.78 is 17.1. The normalized spacial score (nSPS) is 26.5. The molecule has 1 saturated carbocycles. The lowest BCUT2D eigenvalue weighted by molar-refractivity contribution is -0.0955. The van der Waals surface area contributed by atoms with E-state index in [-0.39, 0.29) is 24.5 Å². The molecular weight excluding hydrogens is 464 g/mol. The molecule has 6 atom stereocenters. The lowest BCUT2D eigenvalue weighted by atomic mass is 9.91. The van der Waals surface area contributed by atoms with Crippen molar-refractivity contribution in [3.8, 4) is 16.9 Å². The Labute approximate surface area is 208 Å². The highest BCUT2D eigenvalue weighted by Crippen LogP contribution is 2.45. The number of esters is 1. The smallest absolute Gasteiger partial charge is 0.338 e. The molecule has 5 rings (SSSR count). The van der Waals surface area contributed by atoms with Gasteiger partial charge in [-0.2, -0.15) is 0 Å². The van der Waals surface area contributed by atoms with Crippen molar-refractivity contribution in [1.29, 1.82) is 0 Å². The lowest BCUT2D eigenvalue weighted by Crippen LogP contribution is -2.26. The van der Waals surface area contributed by atoms with Gasteiger partial charge in [0.05, 0.1) is 11.7 Å². The van der Waals surface area contributed by atoms with Crippen molar-refractivity contribution < 1.29 is 29.2 Å². The quantitative estimate of drug-likeness (QED) is 0.351. The molecule has 1 saturated heterocycles. The Morgan fingerprint density at radius 2 is 1.86 bits per heavy atom. The fourth-order valence-electron chi connectivity index (χ4n) is 4.90. The van der Waals surface area contributed by atoms with E-state index in [0.717, 1.165) is 16.9 Å². The Kier molecular flexibility index (Phi) is 7.29. The predicted octanol–water partition coefficient (Wildman–Crippen LogP) is 4.68. The number of carbonyl (C=O) groups excluding carboxylic acids is 1. The largest absolute Gasteiger partial charge is 0.490 e. The summed E-state index contributed by atoms with van der Waals surface area (Å²) in [7, 11) is 0. The Morgan fingerprint density at radius 3 is 2.60 bits per heavy atom. The molecule has 1 aliphatic heterocycles. The standard InChI is InChI=1S/C28H28O6S/c29-21(16-32-22-12-13-35-17-22)10-11-23-24-14-27(30)33-26(24)15-25(23)34-28(31)20-8-6-19(7-9-20)18-4-2-1-3-5-18/h1-13,17,21,23-27,29-30H,14-16H2. The van der Waals surface area contributed by atoms with Gasteiger partial charge in [0.25, 0.3) is 0 Å². The van der Waals surface area contributed by atoms with E-state index < -0.39 is 24.5 Å². The minimum Gasteiger partial charge on any atom is -0.490 e. The van der Waals surface area contributed by atoms with E-state index in [2.05, 4.69) is 0 Å². The van der Waals surface area contributed by atoms with Gasteiger partial charge in [0.1, 0.15) is 24.6 Å². The molecule has 2 fully saturated rings.